The highest BCUT2D eigenvalue weighted by Gasteiger charge is 2.17. The minimum absolute atomic E-state index is 0.274. The molecule has 0 aliphatic rings. The molecule has 136 valence electrons. The zero-order valence-electron chi connectivity index (χ0n) is 13.8. The molecule has 1 N–H and O–H groups in total. The van der Waals surface area contributed by atoms with Gasteiger partial charge in [0.1, 0.15) is 11.4 Å². The van der Waals surface area contributed by atoms with Crippen molar-refractivity contribution >= 4 is 34.8 Å². The molecule has 2 aromatic heterocycles. The summed E-state index contributed by atoms with van der Waals surface area (Å²) in [5.74, 6) is 1.21. The summed E-state index contributed by atoms with van der Waals surface area (Å²) < 4.78 is 10.7. The number of nitrogens with zero attached hydrogens (tertiary/aromatic N) is 3. The van der Waals surface area contributed by atoms with Crippen LogP contribution in [0.5, 0.6) is 5.75 Å². The SMILES string of the molecule is COc1ccc(Cl)cc1-c1noc(-c2cc(-c3ccc(Cl)cc3Cl)n[nH]2)n1. The van der Waals surface area contributed by atoms with Gasteiger partial charge in [-0.05, 0) is 42.5 Å². The van der Waals surface area contributed by atoms with Gasteiger partial charge in [0.2, 0.25) is 5.82 Å². The number of hydrogen-bond acceptors (Lipinski definition) is 5. The number of hydrogen-bond donors (Lipinski definition) is 1. The second kappa shape index (κ2) is 7.23. The predicted molar refractivity (Wildman–Crippen MR) is 104 cm³/mol. The molecule has 0 unspecified atom stereocenters. The molecule has 4 rings (SSSR count). The smallest absolute Gasteiger partial charge is 0.276 e. The first-order valence-corrected chi connectivity index (χ1v) is 8.87. The average Bonchev–Trinajstić information content (AvgIpc) is 3.31. The fourth-order valence-corrected chi connectivity index (χ4v) is 3.24. The summed E-state index contributed by atoms with van der Waals surface area (Å²) in [6.07, 6.45) is 0. The zero-order chi connectivity index (χ0) is 19.0. The van der Waals surface area contributed by atoms with Crippen molar-refractivity contribution in [3.05, 3.63) is 57.5 Å². The number of aromatic amines is 1. The molecular formula is C18H11Cl3N4O2. The Kier molecular flexibility index (Phi) is 4.78. The van der Waals surface area contributed by atoms with Crippen LogP contribution < -0.4 is 4.74 Å². The van der Waals surface area contributed by atoms with E-state index < -0.39 is 0 Å². The highest BCUT2D eigenvalue weighted by Crippen LogP contribution is 2.33. The fourth-order valence-electron chi connectivity index (χ4n) is 2.56. The molecule has 0 aliphatic carbocycles. The first kappa shape index (κ1) is 17.9. The van der Waals surface area contributed by atoms with Gasteiger partial charge in [-0.1, -0.05) is 40.0 Å². The van der Waals surface area contributed by atoms with Crippen LogP contribution in [-0.4, -0.2) is 27.4 Å². The Morgan fingerprint density at radius 3 is 2.52 bits per heavy atom. The Morgan fingerprint density at radius 2 is 1.74 bits per heavy atom. The first-order valence-electron chi connectivity index (χ1n) is 7.74. The van der Waals surface area contributed by atoms with Crippen molar-refractivity contribution in [1.29, 1.82) is 0 Å². The Hall–Kier alpha value is -2.54. The van der Waals surface area contributed by atoms with E-state index in [1.807, 2.05) is 0 Å². The van der Waals surface area contributed by atoms with Gasteiger partial charge < -0.3 is 9.26 Å². The lowest BCUT2D eigenvalue weighted by molar-refractivity contribution is 0.413. The predicted octanol–water partition coefficient (Wildman–Crippen LogP) is 5.76. The molecule has 4 aromatic rings. The molecule has 0 amide bonds. The highest BCUT2D eigenvalue weighted by molar-refractivity contribution is 6.36. The van der Waals surface area contributed by atoms with E-state index in [9.17, 15) is 0 Å². The zero-order valence-corrected chi connectivity index (χ0v) is 16.1. The van der Waals surface area contributed by atoms with Crippen LogP contribution in [0.15, 0.2) is 47.0 Å². The maximum atomic E-state index is 6.24. The monoisotopic (exact) mass is 420 g/mol. The summed E-state index contributed by atoms with van der Waals surface area (Å²) >= 11 is 18.2. The molecule has 2 aromatic carbocycles. The highest BCUT2D eigenvalue weighted by atomic mass is 35.5. The molecule has 27 heavy (non-hydrogen) atoms. The van der Waals surface area contributed by atoms with Crippen molar-refractivity contribution in [2.45, 2.75) is 0 Å². The normalized spacial score (nSPS) is 11.0. The molecule has 0 saturated heterocycles. The Morgan fingerprint density at radius 1 is 0.963 bits per heavy atom. The Balaban J connectivity index is 1.69. The molecule has 0 radical (unpaired) electrons. The quantitative estimate of drug-likeness (QED) is 0.453. The number of rotatable bonds is 4. The van der Waals surface area contributed by atoms with Crippen molar-refractivity contribution in [3.8, 4) is 40.0 Å². The standard InChI is InChI=1S/C18H11Cl3N4O2/c1-26-16-5-3-9(19)6-12(16)17-22-18(27-25-17)15-8-14(23-24-15)11-4-2-10(20)7-13(11)21/h2-8H,1H3,(H,23,24). The minimum Gasteiger partial charge on any atom is -0.496 e. The topological polar surface area (TPSA) is 76.8 Å². The van der Waals surface area contributed by atoms with Gasteiger partial charge in [-0.3, -0.25) is 5.10 Å². The molecule has 2 heterocycles. The van der Waals surface area contributed by atoms with Gasteiger partial charge in [-0.15, -0.1) is 0 Å². The third kappa shape index (κ3) is 3.51. The lowest BCUT2D eigenvalue weighted by Gasteiger charge is -2.04. The molecule has 0 bridgehead atoms. The summed E-state index contributed by atoms with van der Waals surface area (Å²) in [4.78, 5) is 4.40. The third-order valence-electron chi connectivity index (χ3n) is 3.84. The number of nitrogens with one attached hydrogen (secondary N) is 1. The van der Waals surface area contributed by atoms with Gasteiger partial charge >= 0.3 is 0 Å². The molecule has 0 saturated carbocycles. The Bertz CT molecular complexity index is 1120. The third-order valence-corrected chi connectivity index (χ3v) is 4.63. The van der Waals surface area contributed by atoms with Crippen LogP contribution in [0.4, 0.5) is 0 Å². The van der Waals surface area contributed by atoms with Crippen LogP contribution in [-0.2, 0) is 0 Å². The summed E-state index contributed by atoms with van der Waals surface area (Å²) in [7, 11) is 1.56. The molecule has 0 atom stereocenters. The van der Waals surface area contributed by atoms with Crippen LogP contribution in [0.25, 0.3) is 34.2 Å². The van der Waals surface area contributed by atoms with Crippen LogP contribution in [0.1, 0.15) is 0 Å². The van der Waals surface area contributed by atoms with E-state index in [0.717, 1.165) is 5.56 Å². The number of methoxy groups -OCH3 is 1. The summed E-state index contributed by atoms with van der Waals surface area (Å²) in [5.41, 5.74) is 2.54. The van der Waals surface area contributed by atoms with Crippen LogP contribution >= 0.6 is 34.8 Å². The fraction of sp³-hybridized carbons (Fsp3) is 0.0556. The summed E-state index contributed by atoms with van der Waals surface area (Å²) in [6.45, 7) is 0. The molecule has 0 aliphatic heterocycles. The van der Waals surface area contributed by atoms with Crippen molar-refractivity contribution in [2.75, 3.05) is 7.11 Å². The number of H-pyrrole nitrogens is 1. The first-order chi connectivity index (χ1) is 13.0. The largest absolute Gasteiger partial charge is 0.496 e. The number of ether oxygens (including phenoxy) is 1. The molecule has 6 nitrogen and oxygen atoms in total. The minimum atomic E-state index is 0.274. The lowest BCUT2D eigenvalue weighted by Crippen LogP contribution is -1.89. The van der Waals surface area contributed by atoms with E-state index >= 15 is 0 Å². The summed E-state index contributed by atoms with van der Waals surface area (Å²) in [6, 6.07) is 12.1. The Labute approximate surface area is 169 Å². The van der Waals surface area contributed by atoms with E-state index in [4.69, 9.17) is 44.1 Å². The van der Waals surface area contributed by atoms with Crippen molar-refractivity contribution in [1.82, 2.24) is 20.3 Å². The van der Waals surface area contributed by atoms with E-state index in [1.165, 1.54) is 0 Å². The number of halogens is 3. The van der Waals surface area contributed by atoms with Gasteiger partial charge in [0.15, 0.2) is 0 Å². The van der Waals surface area contributed by atoms with Crippen molar-refractivity contribution in [2.24, 2.45) is 0 Å². The van der Waals surface area contributed by atoms with Gasteiger partial charge in [0.25, 0.3) is 5.89 Å². The second-order valence-corrected chi connectivity index (χ2v) is 6.84. The lowest BCUT2D eigenvalue weighted by atomic mass is 10.1. The number of aromatic nitrogens is 4. The van der Waals surface area contributed by atoms with Crippen LogP contribution in [0.3, 0.4) is 0 Å². The maximum absolute atomic E-state index is 6.24. The van der Waals surface area contributed by atoms with Gasteiger partial charge in [-0.2, -0.15) is 10.1 Å². The van der Waals surface area contributed by atoms with Crippen LogP contribution in [0.2, 0.25) is 15.1 Å². The average molecular weight is 422 g/mol. The van der Waals surface area contributed by atoms with Crippen LogP contribution in [0, 0.1) is 0 Å². The molecule has 0 spiro atoms. The molecular weight excluding hydrogens is 411 g/mol. The van der Waals surface area contributed by atoms with Gasteiger partial charge in [-0.25, -0.2) is 0 Å². The van der Waals surface area contributed by atoms with E-state index in [0.29, 0.717) is 43.6 Å². The molecule has 0 fully saturated rings. The van der Waals surface area contributed by atoms with E-state index in [2.05, 4.69) is 20.3 Å². The van der Waals surface area contributed by atoms with Gasteiger partial charge in [0, 0.05) is 15.6 Å². The number of benzene rings is 2. The second-order valence-electron chi connectivity index (χ2n) is 5.56. The maximum Gasteiger partial charge on any atom is 0.276 e. The van der Waals surface area contributed by atoms with Crippen molar-refractivity contribution in [3.63, 3.8) is 0 Å². The summed E-state index contributed by atoms with van der Waals surface area (Å²) in [5, 5.41) is 12.7. The van der Waals surface area contributed by atoms with Crippen molar-refractivity contribution < 1.29 is 9.26 Å². The molecule has 9 heteroatoms. The van der Waals surface area contributed by atoms with E-state index in [1.54, 1.807) is 49.6 Å². The van der Waals surface area contributed by atoms with Gasteiger partial charge in [0.05, 0.1) is 23.4 Å². The van der Waals surface area contributed by atoms with E-state index in [-0.39, 0.29) is 5.89 Å².